The van der Waals surface area contributed by atoms with Crippen molar-refractivity contribution in [2.75, 3.05) is 6.54 Å². The first-order valence-electron chi connectivity index (χ1n) is 1.19. The molecule has 0 aromatic carbocycles. The van der Waals surface area contributed by atoms with Gasteiger partial charge in [-0.15, -0.1) is 0 Å². The summed E-state index contributed by atoms with van der Waals surface area (Å²) in [6.45, 7) is -0.278. The predicted molar refractivity (Wildman–Crippen MR) is 16.7 cm³/mol. The Balaban J connectivity index is 2.85. The summed E-state index contributed by atoms with van der Waals surface area (Å²) in [5.74, 6) is -0.968. The van der Waals surface area contributed by atoms with Gasteiger partial charge in [-0.3, -0.25) is 4.79 Å². The molecule has 0 aromatic heterocycles. The summed E-state index contributed by atoms with van der Waals surface area (Å²) in [6.07, 6.45) is 0. The molecule has 0 atom stereocenters. The minimum Gasteiger partial charge on any atom is -0.480 e. The third-order valence-electron chi connectivity index (χ3n) is 0.175. The average molecular weight is 76.1 g/mol. The van der Waals surface area contributed by atoms with Crippen LogP contribution in [0.4, 0.5) is 0 Å². The largest absolute Gasteiger partial charge is 0.480 e. The highest BCUT2D eigenvalue weighted by Gasteiger charge is 1.81. The Morgan fingerprint density at radius 2 is 2.20 bits per heavy atom. The van der Waals surface area contributed by atoms with Gasteiger partial charge in [-0.2, -0.15) is 0 Å². The summed E-state index contributed by atoms with van der Waals surface area (Å²) in [4.78, 5) is 9.24. The summed E-state index contributed by atoms with van der Waals surface area (Å²) >= 11 is 0. The molecule has 0 aromatic rings. The maximum atomic E-state index is 9.24. The van der Waals surface area contributed by atoms with Gasteiger partial charge in [-0.05, 0) is 0 Å². The van der Waals surface area contributed by atoms with Crippen LogP contribution in [-0.4, -0.2) is 17.6 Å². The average Bonchev–Trinajstić information content (AvgIpc) is 1.38. The van der Waals surface area contributed by atoms with E-state index in [4.69, 9.17) is 5.11 Å². The van der Waals surface area contributed by atoms with E-state index in [9.17, 15) is 4.79 Å². The van der Waals surface area contributed by atoms with Gasteiger partial charge in [0.1, 0.15) is 0 Å². The fourth-order valence-electron chi connectivity index (χ4n) is 0. The van der Waals surface area contributed by atoms with Crippen molar-refractivity contribution < 1.29 is 9.90 Å². The molecule has 0 aliphatic heterocycles. The number of carboxylic acids is 1. The molecule has 3 N–H and O–H groups in total. The van der Waals surface area contributed by atoms with E-state index in [1.54, 1.807) is 0 Å². The molecule has 0 saturated carbocycles. The van der Waals surface area contributed by atoms with Gasteiger partial charge in [0.2, 0.25) is 0 Å². The molecule has 5 heavy (non-hydrogen) atoms. The first-order valence-corrected chi connectivity index (χ1v) is 1.19. The van der Waals surface area contributed by atoms with Gasteiger partial charge >= 0.3 is 5.97 Å². The fourth-order valence-corrected chi connectivity index (χ4v) is 0. The molecule has 0 bridgehead atoms. The molecule has 0 aliphatic carbocycles. The standard InChI is InChI=1S/C2H5NO2/c3-1-2(4)5/h1,3H2,(H,4,5)/i2+1. The Hall–Kier alpha value is -0.570. The number of rotatable bonds is 1. The Kier molecular flexibility index (Phi) is 1.53. The van der Waals surface area contributed by atoms with E-state index in [1.807, 2.05) is 0 Å². The highest BCUT2D eigenvalue weighted by molar-refractivity contribution is 5.68. The van der Waals surface area contributed by atoms with Crippen LogP contribution in [0.5, 0.6) is 0 Å². The Bertz CT molecular complexity index is 42.9. The molecular formula is C2H5NO2. The van der Waals surface area contributed by atoms with Gasteiger partial charge in [0, 0.05) is 0 Å². The van der Waals surface area contributed by atoms with Crippen molar-refractivity contribution in [3.63, 3.8) is 0 Å². The van der Waals surface area contributed by atoms with Crippen LogP contribution in [-0.2, 0) is 4.79 Å². The van der Waals surface area contributed by atoms with Gasteiger partial charge in [-0.25, -0.2) is 0 Å². The lowest BCUT2D eigenvalue weighted by atomic mass is 11.1. The second-order valence-electron chi connectivity index (χ2n) is 0.598. The van der Waals surface area contributed by atoms with Crippen LogP contribution in [0.15, 0.2) is 0 Å². The molecule has 0 spiro atoms. The summed E-state index contributed by atoms with van der Waals surface area (Å²) in [5.41, 5.74) is 4.57. The van der Waals surface area contributed by atoms with E-state index < -0.39 is 5.97 Å². The molecule has 0 amide bonds. The fraction of sp³-hybridized carbons (Fsp3) is 0.500. The van der Waals surface area contributed by atoms with E-state index in [-0.39, 0.29) is 6.54 Å². The first kappa shape index (κ1) is 4.43. The second-order valence-corrected chi connectivity index (χ2v) is 0.598. The second kappa shape index (κ2) is 1.72. The first-order chi connectivity index (χ1) is 2.27. The molecular weight excluding hydrogens is 71.0 g/mol. The molecule has 0 unspecified atom stereocenters. The van der Waals surface area contributed by atoms with Gasteiger partial charge in [0.25, 0.3) is 0 Å². The lowest BCUT2D eigenvalue weighted by Gasteiger charge is -1.73. The van der Waals surface area contributed by atoms with E-state index in [0.717, 1.165) is 0 Å². The van der Waals surface area contributed by atoms with Crippen LogP contribution in [0.3, 0.4) is 0 Å². The van der Waals surface area contributed by atoms with Gasteiger partial charge < -0.3 is 10.8 Å². The predicted octanol–water partition coefficient (Wildman–Crippen LogP) is -0.970. The van der Waals surface area contributed by atoms with Crippen LogP contribution in [0.1, 0.15) is 0 Å². The zero-order chi connectivity index (χ0) is 4.28. The maximum Gasteiger partial charge on any atom is 0.317 e. The van der Waals surface area contributed by atoms with Crippen molar-refractivity contribution in [2.45, 2.75) is 0 Å². The molecule has 0 heterocycles. The van der Waals surface area contributed by atoms with Gasteiger partial charge in [-0.1, -0.05) is 0 Å². The number of hydrogen-bond acceptors (Lipinski definition) is 2. The highest BCUT2D eigenvalue weighted by atomic mass is 16.5. The van der Waals surface area contributed by atoms with Crippen LogP contribution in [0.2, 0.25) is 0 Å². The number of nitrogens with two attached hydrogens (primary N) is 1. The molecule has 3 heteroatoms. The van der Waals surface area contributed by atoms with E-state index in [2.05, 4.69) is 5.73 Å². The summed E-state index contributed by atoms with van der Waals surface area (Å²) < 4.78 is 0. The maximum absolute atomic E-state index is 9.24. The van der Waals surface area contributed by atoms with Crippen molar-refractivity contribution in [2.24, 2.45) is 5.73 Å². The van der Waals surface area contributed by atoms with Crippen LogP contribution >= 0.6 is 0 Å². The summed E-state index contributed by atoms with van der Waals surface area (Å²) in [5, 5.41) is 7.60. The van der Waals surface area contributed by atoms with Crippen molar-refractivity contribution in [3.05, 3.63) is 0 Å². The quantitative estimate of drug-likeness (QED) is 0.395. The monoisotopic (exact) mass is 76.0 g/mol. The van der Waals surface area contributed by atoms with Crippen LogP contribution in [0, 0.1) is 0 Å². The smallest absolute Gasteiger partial charge is 0.317 e. The van der Waals surface area contributed by atoms with Gasteiger partial charge in [0.15, 0.2) is 0 Å². The van der Waals surface area contributed by atoms with Gasteiger partial charge in [0.05, 0.1) is 6.54 Å². The molecule has 0 saturated heterocycles. The molecule has 0 rings (SSSR count). The van der Waals surface area contributed by atoms with Crippen molar-refractivity contribution in [1.82, 2.24) is 0 Å². The Morgan fingerprint density at radius 3 is 2.20 bits per heavy atom. The number of carbonyl (C=O) groups is 1. The highest BCUT2D eigenvalue weighted by Crippen LogP contribution is 1.43. The molecule has 0 radical (unpaired) electrons. The van der Waals surface area contributed by atoms with Crippen molar-refractivity contribution in [1.29, 1.82) is 0 Å². The number of aliphatic carboxylic acids is 1. The summed E-state index contributed by atoms with van der Waals surface area (Å²) in [7, 11) is 0. The SMILES string of the molecule is NC[13C](=O)O. The topological polar surface area (TPSA) is 63.3 Å². The lowest BCUT2D eigenvalue weighted by molar-refractivity contribution is -0.135. The van der Waals surface area contributed by atoms with Crippen molar-refractivity contribution in [3.8, 4) is 0 Å². The minimum absolute atomic E-state index is 0.278. The molecule has 0 aliphatic rings. The lowest BCUT2D eigenvalue weighted by Crippen LogP contribution is -2.10. The summed E-state index contributed by atoms with van der Waals surface area (Å²) in [6, 6.07) is 0. The third-order valence-corrected chi connectivity index (χ3v) is 0.175. The third kappa shape index (κ3) is 3.43. The van der Waals surface area contributed by atoms with E-state index in [1.165, 1.54) is 0 Å². The number of hydrogen-bond donors (Lipinski definition) is 2. The zero-order valence-corrected chi connectivity index (χ0v) is 2.64. The number of carboxylic acid groups (broad SMARTS) is 1. The van der Waals surface area contributed by atoms with Crippen LogP contribution < -0.4 is 5.73 Å². The minimum atomic E-state index is -0.968. The van der Waals surface area contributed by atoms with E-state index >= 15 is 0 Å². The van der Waals surface area contributed by atoms with E-state index in [0.29, 0.717) is 0 Å². The molecule has 0 fully saturated rings. The zero-order valence-electron chi connectivity index (χ0n) is 2.64. The van der Waals surface area contributed by atoms with Crippen molar-refractivity contribution >= 4 is 5.97 Å². The molecule has 30 valence electrons. The Labute approximate surface area is 29.4 Å². The Morgan fingerprint density at radius 1 is 2.00 bits per heavy atom. The molecule has 3 nitrogen and oxygen atoms in total. The van der Waals surface area contributed by atoms with Crippen LogP contribution in [0.25, 0.3) is 0 Å². The normalized spacial score (nSPS) is 7.40.